The zero-order chi connectivity index (χ0) is 13.7. The molecule has 0 radical (unpaired) electrons. The van der Waals surface area contributed by atoms with Gasteiger partial charge in [0.05, 0.1) is 7.11 Å². The van der Waals surface area contributed by atoms with E-state index in [4.69, 9.17) is 0 Å². The first-order valence-corrected chi connectivity index (χ1v) is 5.92. The summed E-state index contributed by atoms with van der Waals surface area (Å²) in [6.45, 7) is 2.49. The Kier molecular flexibility index (Phi) is 4.95. The van der Waals surface area contributed by atoms with Crippen LogP contribution >= 0.6 is 0 Å². The second kappa shape index (κ2) is 6.23. The molecule has 1 rings (SSSR count). The molecule has 1 amide bonds. The monoisotopic (exact) mass is 252 g/mol. The number of aromatic nitrogens is 1. The van der Waals surface area contributed by atoms with Crippen LogP contribution in [0.3, 0.4) is 0 Å². The minimum atomic E-state index is -0.245. The van der Waals surface area contributed by atoms with Crippen LogP contribution in [-0.2, 0) is 16.6 Å². The minimum absolute atomic E-state index is 0.0320. The molecule has 0 aliphatic heterocycles. The third kappa shape index (κ3) is 3.35. The third-order valence-corrected chi connectivity index (χ3v) is 3.04. The summed E-state index contributed by atoms with van der Waals surface area (Å²) in [5.74, 6) is -0.277. The van der Waals surface area contributed by atoms with Gasteiger partial charge in [0.2, 0.25) is 0 Å². The Balaban J connectivity index is 2.52. The summed E-state index contributed by atoms with van der Waals surface area (Å²) < 4.78 is 6.41. The molecule has 0 saturated carbocycles. The Bertz CT molecular complexity index is 437. The van der Waals surface area contributed by atoms with Crippen molar-refractivity contribution in [3.63, 3.8) is 0 Å². The second-order valence-electron chi connectivity index (χ2n) is 4.33. The molecule has 0 saturated heterocycles. The standard InChI is InChI=1S/C13H20N2O3/c1-10-7-8-11(15(10)3)13(17)14(2)9-5-6-12(16)18-4/h7-8H,5-6,9H2,1-4H3. The summed E-state index contributed by atoms with van der Waals surface area (Å²) in [5.41, 5.74) is 1.70. The number of hydrogen-bond acceptors (Lipinski definition) is 3. The van der Waals surface area contributed by atoms with Gasteiger partial charge in [0.25, 0.3) is 5.91 Å². The lowest BCUT2D eigenvalue weighted by atomic mass is 10.3. The van der Waals surface area contributed by atoms with E-state index >= 15 is 0 Å². The van der Waals surface area contributed by atoms with Crippen molar-refractivity contribution in [3.05, 3.63) is 23.5 Å². The largest absolute Gasteiger partial charge is 0.469 e. The molecule has 0 bridgehead atoms. The maximum absolute atomic E-state index is 12.1. The number of esters is 1. The molecule has 0 aliphatic carbocycles. The predicted molar refractivity (Wildman–Crippen MR) is 68.4 cm³/mol. The van der Waals surface area contributed by atoms with E-state index in [1.165, 1.54) is 7.11 Å². The van der Waals surface area contributed by atoms with Gasteiger partial charge in [-0.2, -0.15) is 0 Å². The van der Waals surface area contributed by atoms with Crippen LogP contribution in [0.25, 0.3) is 0 Å². The first-order valence-electron chi connectivity index (χ1n) is 5.92. The van der Waals surface area contributed by atoms with Gasteiger partial charge in [-0.1, -0.05) is 0 Å². The highest BCUT2D eigenvalue weighted by molar-refractivity contribution is 5.92. The van der Waals surface area contributed by atoms with Crippen LogP contribution in [0.2, 0.25) is 0 Å². The van der Waals surface area contributed by atoms with E-state index < -0.39 is 0 Å². The number of methoxy groups -OCH3 is 1. The van der Waals surface area contributed by atoms with Crippen molar-refractivity contribution < 1.29 is 14.3 Å². The molecule has 0 atom stereocenters. The number of nitrogens with zero attached hydrogens (tertiary/aromatic N) is 2. The topological polar surface area (TPSA) is 51.5 Å². The van der Waals surface area contributed by atoms with E-state index in [2.05, 4.69) is 4.74 Å². The Morgan fingerprint density at radius 2 is 2.06 bits per heavy atom. The minimum Gasteiger partial charge on any atom is -0.469 e. The highest BCUT2D eigenvalue weighted by atomic mass is 16.5. The molecule has 18 heavy (non-hydrogen) atoms. The molecular formula is C13H20N2O3. The number of hydrogen-bond donors (Lipinski definition) is 0. The number of carbonyl (C=O) groups is 2. The summed E-state index contributed by atoms with van der Waals surface area (Å²) >= 11 is 0. The average Bonchev–Trinajstić information content (AvgIpc) is 2.68. The van der Waals surface area contributed by atoms with Gasteiger partial charge >= 0.3 is 5.97 Å². The van der Waals surface area contributed by atoms with Crippen molar-refractivity contribution >= 4 is 11.9 Å². The lowest BCUT2D eigenvalue weighted by Gasteiger charge is -2.17. The maximum Gasteiger partial charge on any atom is 0.305 e. The van der Waals surface area contributed by atoms with E-state index in [1.807, 2.05) is 30.7 Å². The fourth-order valence-corrected chi connectivity index (χ4v) is 1.69. The number of aryl methyl sites for hydroxylation is 1. The van der Waals surface area contributed by atoms with Crippen LogP contribution < -0.4 is 0 Å². The summed E-state index contributed by atoms with van der Waals surface area (Å²) in [6, 6.07) is 3.73. The van der Waals surface area contributed by atoms with Gasteiger partial charge in [-0.15, -0.1) is 0 Å². The molecule has 1 heterocycles. The lowest BCUT2D eigenvalue weighted by Crippen LogP contribution is -2.29. The van der Waals surface area contributed by atoms with Crippen LogP contribution in [0.5, 0.6) is 0 Å². The zero-order valence-electron chi connectivity index (χ0n) is 11.4. The molecule has 0 fully saturated rings. The van der Waals surface area contributed by atoms with Crippen molar-refractivity contribution in [2.45, 2.75) is 19.8 Å². The molecule has 0 aromatic carbocycles. The molecule has 0 unspecified atom stereocenters. The van der Waals surface area contributed by atoms with Crippen molar-refractivity contribution in [1.82, 2.24) is 9.47 Å². The van der Waals surface area contributed by atoms with Crippen molar-refractivity contribution in [2.24, 2.45) is 7.05 Å². The molecule has 0 aliphatic rings. The van der Waals surface area contributed by atoms with Crippen LogP contribution in [0.15, 0.2) is 12.1 Å². The SMILES string of the molecule is COC(=O)CCCN(C)C(=O)c1ccc(C)n1C. The average molecular weight is 252 g/mol. The lowest BCUT2D eigenvalue weighted by molar-refractivity contribution is -0.140. The van der Waals surface area contributed by atoms with Crippen LogP contribution in [-0.4, -0.2) is 42.0 Å². The Hall–Kier alpha value is -1.78. The summed E-state index contributed by atoms with van der Waals surface area (Å²) in [6.07, 6.45) is 0.943. The van der Waals surface area contributed by atoms with Crippen LogP contribution in [0, 0.1) is 6.92 Å². The van der Waals surface area contributed by atoms with E-state index in [1.54, 1.807) is 11.9 Å². The van der Waals surface area contributed by atoms with Gasteiger partial charge in [-0.3, -0.25) is 9.59 Å². The molecule has 1 aromatic rings. The maximum atomic E-state index is 12.1. The third-order valence-electron chi connectivity index (χ3n) is 3.04. The normalized spacial score (nSPS) is 10.2. The number of carbonyl (C=O) groups excluding carboxylic acids is 2. The Morgan fingerprint density at radius 3 is 2.56 bits per heavy atom. The van der Waals surface area contributed by atoms with Crippen LogP contribution in [0.4, 0.5) is 0 Å². The summed E-state index contributed by atoms with van der Waals surface area (Å²) in [7, 11) is 4.97. The quantitative estimate of drug-likeness (QED) is 0.743. The molecular weight excluding hydrogens is 232 g/mol. The number of ether oxygens (including phenoxy) is 1. The smallest absolute Gasteiger partial charge is 0.305 e. The second-order valence-corrected chi connectivity index (χ2v) is 4.33. The summed E-state index contributed by atoms with van der Waals surface area (Å²) in [5, 5.41) is 0. The molecule has 1 aromatic heterocycles. The van der Waals surface area contributed by atoms with Gasteiger partial charge in [-0.05, 0) is 25.5 Å². The Labute approximate surface area is 107 Å². The van der Waals surface area contributed by atoms with Crippen molar-refractivity contribution in [1.29, 1.82) is 0 Å². The molecule has 0 spiro atoms. The fraction of sp³-hybridized carbons (Fsp3) is 0.538. The molecule has 5 nitrogen and oxygen atoms in total. The van der Waals surface area contributed by atoms with Gasteiger partial charge in [0, 0.05) is 32.8 Å². The molecule has 100 valence electrons. The van der Waals surface area contributed by atoms with Gasteiger partial charge in [0.15, 0.2) is 0 Å². The first kappa shape index (κ1) is 14.3. The van der Waals surface area contributed by atoms with Crippen molar-refractivity contribution in [3.8, 4) is 0 Å². The first-order chi connectivity index (χ1) is 8.47. The van der Waals surface area contributed by atoms with Crippen molar-refractivity contribution in [2.75, 3.05) is 20.7 Å². The highest BCUT2D eigenvalue weighted by Gasteiger charge is 2.15. The van der Waals surface area contributed by atoms with E-state index in [0.29, 0.717) is 25.1 Å². The van der Waals surface area contributed by atoms with E-state index in [9.17, 15) is 9.59 Å². The number of rotatable bonds is 5. The zero-order valence-corrected chi connectivity index (χ0v) is 11.4. The van der Waals surface area contributed by atoms with Gasteiger partial charge in [-0.25, -0.2) is 0 Å². The van der Waals surface area contributed by atoms with E-state index in [-0.39, 0.29) is 11.9 Å². The molecule has 5 heteroatoms. The Morgan fingerprint density at radius 1 is 1.39 bits per heavy atom. The van der Waals surface area contributed by atoms with E-state index in [0.717, 1.165) is 5.69 Å². The highest BCUT2D eigenvalue weighted by Crippen LogP contribution is 2.09. The van der Waals surface area contributed by atoms with Gasteiger partial charge in [0.1, 0.15) is 5.69 Å². The fourth-order valence-electron chi connectivity index (χ4n) is 1.69. The molecule has 0 N–H and O–H groups in total. The van der Waals surface area contributed by atoms with Crippen LogP contribution in [0.1, 0.15) is 29.0 Å². The number of amides is 1. The van der Waals surface area contributed by atoms with Gasteiger partial charge < -0.3 is 14.2 Å². The predicted octanol–water partition coefficient (Wildman–Crippen LogP) is 1.36. The summed E-state index contributed by atoms with van der Waals surface area (Å²) in [4.78, 5) is 24.7.